The fourth-order valence-electron chi connectivity index (χ4n) is 4.09. The largest absolute Gasteiger partial charge is 0.358 e. The van der Waals surface area contributed by atoms with Gasteiger partial charge in [0.1, 0.15) is 0 Å². The molecule has 0 saturated carbocycles. The summed E-state index contributed by atoms with van der Waals surface area (Å²) in [6, 6.07) is 19.5. The lowest BCUT2D eigenvalue weighted by atomic mass is 9.93. The first-order valence-electron chi connectivity index (χ1n) is 10.3. The van der Waals surface area contributed by atoms with Crippen molar-refractivity contribution in [3.63, 3.8) is 0 Å². The second-order valence-electron chi connectivity index (χ2n) is 7.91. The van der Waals surface area contributed by atoms with Gasteiger partial charge in [-0.1, -0.05) is 36.4 Å². The van der Waals surface area contributed by atoms with Gasteiger partial charge in [0.2, 0.25) is 5.91 Å². The molecule has 1 atom stereocenters. The molecule has 2 N–H and O–H groups in total. The van der Waals surface area contributed by atoms with E-state index in [-0.39, 0.29) is 17.9 Å². The molecule has 3 aromatic rings. The Morgan fingerprint density at radius 2 is 1.76 bits per heavy atom. The second kappa shape index (κ2) is 8.52. The van der Waals surface area contributed by atoms with Crippen LogP contribution in [0.3, 0.4) is 0 Å². The van der Waals surface area contributed by atoms with Crippen molar-refractivity contribution in [1.29, 1.82) is 0 Å². The molecule has 1 aromatic heterocycles. The highest BCUT2D eigenvalue weighted by Crippen LogP contribution is 2.30. The highest BCUT2D eigenvalue weighted by Gasteiger charge is 2.26. The summed E-state index contributed by atoms with van der Waals surface area (Å²) in [5.74, 6) is 0.436. The Morgan fingerprint density at radius 3 is 2.48 bits per heavy atom. The topological polar surface area (TPSA) is 65.2 Å². The molecule has 150 valence electrons. The van der Waals surface area contributed by atoms with E-state index in [1.807, 2.05) is 36.1 Å². The van der Waals surface area contributed by atoms with Crippen LogP contribution in [0.15, 0.2) is 60.7 Å². The molecule has 1 aliphatic heterocycles. The van der Waals surface area contributed by atoms with Crippen LogP contribution in [0.1, 0.15) is 48.2 Å². The SMILES string of the molecule is CC(CC(=O)N1CCC(c2cc3ccccc3[nH]2)CC1)NC(=O)c1ccccc1. The summed E-state index contributed by atoms with van der Waals surface area (Å²) in [5.41, 5.74) is 3.05. The first kappa shape index (κ1) is 19.2. The average molecular weight is 389 g/mol. The van der Waals surface area contributed by atoms with E-state index in [0.717, 1.165) is 25.9 Å². The number of H-pyrrole nitrogens is 1. The molecule has 0 aliphatic carbocycles. The number of carbonyl (C=O) groups is 2. The molecule has 2 amide bonds. The van der Waals surface area contributed by atoms with Crippen molar-refractivity contribution >= 4 is 22.7 Å². The molecule has 5 heteroatoms. The fourth-order valence-corrected chi connectivity index (χ4v) is 4.09. The molecular formula is C24H27N3O2. The third-order valence-electron chi connectivity index (χ3n) is 5.73. The van der Waals surface area contributed by atoms with Gasteiger partial charge in [0.05, 0.1) is 0 Å². The zero-order chi connectivity index (χ0) is 20.2. The van der Waals surface area contributed by atoms with Gasteiger partial charge in [0, 0.05) is 48.2 Å². The Morgan fingerprint density at radius 1 is 1.07 bits per heavy atom. The molecule has 1 unspecified atom stereocenters. The minimum atomic E-state index is -0.193. The molecule has 0 bridgehead atoms. The maximum Gasteiger partial charge on any atom is 0.251 e. The van der Waals surface area contributed by atoms with Crippen LogP contribution < -0.4 is 5.32 Å². The highest BCUT2D eigenvalue weighted by atomic mass is 16.2. The fraction of sp³-hybridized carbons (Fsp3) is 0.333. The summed E-state index contributed by atoms with van der Waals surface area (Å²) in [4.78, 5) is 30.4. The summed E-state index contributed by atoms with van der Waals surface area (Å²) in [5, 5.41) is 4.16. The molecule has 0 radical (unpaired) electrons. The molecule has 1 aliphatic rings. The molecule has 2 aromatic carbocycles. The van der Waals surface area contributed by atoms with Crippen LogP contribution in [0.5, 0.6) is 0 Å². The van der Waals surface area contributed by atoms with Gasteiger partial charge in [0.25, 0.3) is 5.91 Å². The number of hydrogen-bond donors (Lipinski definition) is 2. The number of aromatic nitrogens is 1. The minimum Gasteiger partial charge on any atom is -0.358 e. The lowest BCUT2D eigenvalue weighted by molar-refractivity contribution is -0.132. The normalized spacial score (nSPS) is 16.0. The Kier molecular flexibility index (Phi) is 5.65. The lowest BCUT2D eigenvalue weighted by Gasteiger charge is -2.32. The van der Waals surface area contributed by atoms with E-state index in [4.69, 9.17) is 0 Å². The van der Waals surface area contributed by atoms with Crippen molar-refractivity contribution in [2.24, 2.45) is 0 Å². The minimum absolute atomic E-state index is 0.112. The van der Waals surface area contributed by atoms with Crippen molar-refractivity contribution in [2.45, 2.75) is 38.1 Å². The number of amides is 2. The Bertz CT molecular complexity index is 955. The van der Waals surface area contributed by atoms with E-state index in [1.165, 1.54) is 16.6 Å². The summed E-state index contributed by atoms with van der Waals surface area (Å²) >= 11 is 0. The van der Waals surface area contributed by atoms with Crippen molar-refractivity contribution < 1.29 is 9.59 Å². The van der Waals surface area contributed by atoms with Gasteiger partial charge in [-0.25, -0.2) is 0 Å². The van der Waals surface area contributed by atoms with Crippen molar-refractivity contribution in [1.82, 2.24) is 15.2 Å². The predicted molar refractivity (Wildman–Crippen MR) is 115 cm³/mol. The van der Waals surface area contributed by atoms with Gasteiger partial charge in [-0.05, 0) is 49.4 Å². The van der Waals surface area contributed by atoms with Gasteiger partial charge in [-0.3, -0.25) is 9.59 Å². The van der Waals surface area contributed by atoms with Gasteiger partial charge >= 0.3 is 0 Å². The number of nitrogens with one attached hydrogen (secondary N) is 2. The molecule has 0 spiro atoms. The summed E-state index contributed by atoms with van der Waals surface area (Å²) in [7, 11) is 0. The average Bonchev–Trinajstić information content (AvgIpc) is 3.18. The van der Waals surface area contributed by atoms with Gasteiger partial charge in [-0.2, -0.15) is 0 Å². The van der Waals surface area contributed by atoms with Crippen LogP contribution in [0, 0.1) is 0 Å². The maximum absolute atomic E-state index is 12.7. The summed E-state index contributed by atoms with van der Waals surface area (Å²) in [6.45, 7) is 3.41. The third kappa shape index (κ3) is 4.50. The van der Waals surface area contributed by atoms with E-state index < -0.39 is 0 Å². The number of hydrogen-bond acceptors (Lipinski definition) is 2. The number of para-hydroxylation sites is 1. The number of rotatable bonds is 5. The van der Waals surface area contributed by atoms with Crippen LogP contribution in [-0.4, -0.2) is 40.8 Å². The molecule has 4 rings (SSSR count). The molecule has 5 nitrogen and oxygen atoms in total. The molecule has 29 heavy (non-hydrogen) atoms. The third-order valence-corrected chi connectivity index (χ3v) is 5.73. The summed E-state index contributed by atoms with van der Waals surface area (Å²) < 4.78 is 0. The van der Waals surface area contributed by atoms with Crippen LogP contribution in [0.25, 0.3) is 10.9 Å². The first-order chi connectivity index (χ1) is 14.1. The zero-order valence-electron chi connectivity index (χ0n) is 16.7. The Balaban J connectivity index is 1.28. The van der Waals surface area contributed by atoms with Gasteiger partial charge in [0.15, 0.2) is 0 Å². The Labute approximate surface area is 171 Å². The van der Waals surface area contributed by atoms with Crippen LogP contribution >= 0.6 is 0 Å². The number of carbonyl (C=O) groups excluding carboxylic acids is 2. The second-order valence-corrected chi connectivity index (χ2v) is 7.91. The van der Waals surface area contributed by atoms with Gasteiger partial charge in [-0.15, -0.1) is 0 Å². The van der Waals surface area contributed by atoms with E-state index in [2.05, 4.69) is 34.6 Å². The zero-order valence-corrected chi connectivity index (χ0v) is 16.7. The molecule has 2 heterocycles. The number of nitrogens with zero attached hydrogens (tertiary/aromatic N) is 1. The van der Waals surface area contributed by atoms with Crippen LogP contribution in [0.2, 0.25) is 0 Å². The van der Waals surface area contributed by atoms with E-state index in [0.29, 0.717) is 17.9 Å². The van der Waals surface area contributed by atoms with E-state index in [1.54, 1.807) is 12.1 Å². The monoisotopic (exact) mass is 389 g/mol. The Hall–Kier alpha value is -3.08. The predicted octanol–water partition coefficient (Wildman–Crippen LogP) is 4.08. The number of fused-ring (bicyclic) bond motifs is 1. The molecule has 1 fully saturated rings. The highest BCUT2D eigenvalue weighted by molar-refractivity contribution is 5.94. The molecular weight excluding hydrogens is 362 g/mol. The number of likely N-dealkylation sites (tertiary alicyclic amines) is 1. The standard InChI is InChI=1S/C24H27N3O2/c1-17(25-24(29)19-7-3-2-4-8-19)15-23(28)27-13-11-18(12-14-27)22-16-20-9-5-6-10-21(20)26-22/h2-10,16-18,26H,11-15H2,1H3,(H,25,29). The van der Waals surface area contributed by atoms with E-state index in [9.17, 15) is 9.59 Å². The maximum atomic E-state index is 12.7. The summed E-state index contributed by atoms with van der Waals surface area (Å²) in [6.07, 6.45) is 2.25. The van der Waals surface area contributed by atoms with Crippen molar-refractivity contribution in [3.8, 4) is 0 Å². The molecule has 1 saturated heterocycles. The van der Waals surface area contributed by atoms with Crippen molar-refractivity contribution in [3.05, 3.63) is 71.9 Å². The lowest BCUT2D eigenvalue weighted by Crippen LogP contribution is -2.42. The number of benzene rings is 2. The van der Waals surface area contributed by atoms with E-state index >= 15 is 0 Å². The van der Waals surface area contributed by atoms with Gasteiger partial charge < -0.3 is 15.2 Å². The number of piperidine rings is 1. The number of aromatic amines is 1. The van der Waals surface area contributed by atoms with Crippen LogP contribution in [-0.2, 0) is 4.79 Å². The quantitative estimate of drug-likeness (QED) is 0.690. The van der Waals surface area contributed by atoms with Crippen LogP contribution in [0.4, 0.5) is 0 Å². The van der Waals surface area contributed by atoms with Crippen molar-refractivity contribution in [2.75, 3.05) is 13.1 Å². The smallest absolute Gasteiger partial charge is 0.251 e. The first-order valence-corrected chi connectivity index (χ1v) is 10.3.